The molecule has 3 rings (SSSR count). The number of hydrogen-bond acceptors (Lipinski definition) is 5. The summed E-state index contributed by atoms with van der Waals surface area (Å²) in [5, 5.41) is 3.33. The molecule has 0 aromatic carbocycles. The maximum atomic E-state index is 5.61. The van der Waals surface area contributed by atoms with Crippen molar-refractivity contribution >= 4 is 17.0 Å². The summed E-state index contributed by atoms with van der Waals surface area (Å²) in [6.07, 6.45) is 0. The van der Waals surface area contributed by atoms with E-state index in [1.165, 1.54) is 0 Å². The van der Waals surface area contributed by atoms with Gasteiger partial charge in [0.1, 0.15) is 11.6 Å². The number of rotatable bonds is 1. The Balaban J connectivity index is 1.97. The van der Waals surface area contributed by atoms with E-state index in [1.807, 2.05) is 6.07 Å². The number of H-pyrrole nitrogens is 1. The first kappa shape index (κ1) is 9.56. The number of nitrogen functional groups attached to an aromatic ring is 1. The minimum atomic E-state index is 0.115. The van der Waals surface area contributed by atoms with Crippen molar-refractivity contribution < 1.29 is 4.74 Å². The van der Waals surface area contributed by atoms with Crippen LogP contribution in [0.15, 0.2) is 12.1 Å². The Morgan fingerprint density at radius 3 is 3.12 bits per heavy atom. The number of anilines is 1. The zero-order valence-electron chi connectivity index (χ0n) is 8.73. The average Bonchev–Trinajstić information content (AvgIpc) is 2.73. The van der Waals surface area contributed by atoms with E-state index in [2.05, 4.69) is 20.3 Å². The van der Waals surface area contributed by atoms with Crippen LogP contribution >= 0.6 is 0 Å². The van der Waals surface area contributed by atoms with Gasteiger partial charge < -0.3 is 20.8 Å². The lowest BCUT2D eigenvalue weighted by atomic mass is 10.3. The normalized spacial score (nSPS) is 21.4. The third-order valence-electron chi connectivity index (χ3n) is 2.64. The van der Waals surface area contributed by atoms with Crippen LogP contribution in [0.5, 0.6) is 0 Å². The number of aromatic nitrogens is 3. The lowest BCUT2D eigenvalue weighted by Gasteiger charge is -2.21. The standard InChI is InChI=1S/C10H13N5O/c11-8-2-1-6-9(14-8)15-10(13-6)7-5-16-4-3-12-7/h1-2,7,12H,3-5H2,(H3,11,13,14,15). The van der Waals surface area contributed by atoms with E-state index < -0.39 is 0 Å². The molecule has 4 N–H and O–H groups in total. The molecule has 0 aliphatic carbocycles. The Bertz CT molecular complexity index is 503. The summed E-state index contributed by atoms with van der Waals surface area (Å²) in [5.41, 5.74) is 7.16. The van der Waals surface area contributed by atoms with Crippen molar-refractivity contribution in [2.45, 2.75) is 6.04 Å². The van der Waals surface area contributed by atoms with E-state index in [4.69, 9.17) is 10.5 Å². The number of ether oxygens (including phenoxy) is 1. The molecule has 1 saturated heterocycles. The number of fused-ring (bicyclic) bond motifs is 1. The van der Waals surface area contributed by atoms with Crippen LogP contribution in [0.1, 0.15) is 11.9 Å². The first-order valence-electron chi connectivity index (χ1n) is 5.26. The minimum Gasteiger partial charge on any atom is -0.384 e. The van der Waals surface area contributed by atoms with Gasteiger partial charge in [0.2, 0.25) is 0 Å². The molecule has 1 aliphatic heterocycles. The fourth-order valence-electron chi connectivity index (χ4n) is 1.83. The van der Waals surface area contributed by atoms with Gasteiger partial charge in [-0.15, -0.1) is 0 Å². The highest BCUT2D eigenvalue weighted by Crippen LogP contribution is 2.17. The molecule has 2 aromatic rings. The number of aromatic amines is 1. The first-order valence-corrected chi connectivity index (χ1v) is 5.26. The number of nitrogens with zero attached hydrogens (tertiary/aromatic N) is 2. The third kappa shape index (κ3) is 1.62. The second kappa shape index (κ2) is 3.73. The van der Waals surface area contributed by atoms with Gasteiger partial charge in [0.25, 0.3) is 0 Å². The Labute approximate surface area is 92.2 Å². The predicted molar refractivity (Wildman–Crippen MR) is 59.9 cm³/mol. The highest BCUT2D eigenvalue weighted by atomic mass is 16.5. The molecule has 2 aromatic heterocycles. The fraction of sp³-hybridized carbons (Fsp3) is 0.400. The van der Waals surface area contributed by atoms with Gasteiger partial charge in [0, 0.05) is 6.54 Å². The van der Waals surface area contributed by atoms with Gasteiger partial charge in [-0.1, -0.05) is 0 Å². The van der Waals surface area contributed by atoms with Crippen molar-refractivity contribution in [3.05, 3.63) is 18.0 Å². The zero-order chi connectivity index (χ0) is 11.0. The number of nitrogens with two attached hydrogens (primary N) is 1. The minimum absolute atomic E-state index is 0.115. The maximum Gasteiger partial charge on any atom is 0.179 e. The molecule has 0 spiro atoms. The summed E-state index contributed by atoms with van der Waals surface area (Å²) in [5.74, 6) is 1.34. The van der Waals surface area contributed by atoms with Crippen molar-refractivity contribution in [3.8, 4) is 0 Å². The lowest BCUT2D eigenvalue weighted by molar-refractivity contribution is 0.0746. The quantitative estimate of drug-likeness (QED) is 0.637. The highest BCUT2D eigenvalue weighted by molar-refractivity contribution is 5.72. The lowest BCUT2D eigenvalue weighted by Crippen LogP contribution is -2.35. The molecule has 0 amide bonds. The van der Waals surface area contributed by atoms with Gasteiger partial charge in [-0.3, -0.25) is 0 Å². The molecule has 84 valence electrons. The van der Waals surface area contributed by atoms with Crippen LogP contribution in [0.3, 0.4) is 0 Å². The monoisotopic (exact) mass is 219 g/mol. The highest BCUT2D eigenvalue weighted by Gasteiger charge is 2.18. The summed E-state index contributed by atoms with van der Waals surface area (Å²) in [6.45, 7) is 2.23. The van der Waals surface area contributed by atoms with E-state index >= 15 is 0 Å². The van der Waals surface area contributed by atoms with Crippen LogP contribution in [-0.2, 0) is 4.74 Å². The summed E-state index contributed by atoms with van der Waals surface area (Å²) in [4.78, 5) is 11.8. The van der Waals surface area contributed by atoms with Gasteiger partial charge in [-0.2, -0.15) is 0 Å². The number of hydrogen-bond donors (Lipinski definition) is 3. The molecule has 1 fully saturated rings. The number of morpholine rings is 1. The van der Waals surface area contributed by atoms with Crippen molar-refractivity contribution in [2.75, 3.05) is 25.5 Å². The van der Waals surface area contributed by atoms with Crippen LogP contribution < -0.4 is 11.1 Å². The van der Waals surface area contributed by atoms with E-state index in [0.29, 0.717) is 18.1 Å². The van der Waals surface area contributed by atoms with E-state index in [0.717, 1.165) is 24.5 Å². The van der Waals surface area contributed by atoms with Gasteiger partial charge >= 0.3 is 0 Å². The van der Waals surface area contributed by atoms with Crippen molar-refractivity contribution in [3.63, 3.8) is 0 Å². The molecule has 0 radical (unpaired) electrons. The Kier molecular flexibility index (Phi) is 2.23. The second-order valence-corrected chi connectivity index (χ2v) is 3.81. The van der Waals surface area contributed by atoms with Gasteiger partial charge in [-0.25, -0.2) is 9.97 Å². The number of nitrogens with one attached hydrogen (secondary N) is 2. The van der Waals surface area contributed by atoms with Gasteiger partial charge in [-0.05, 0) is 12.1 Å². The summed E-state index contributed by atoms with van der Waals surface area (Å²) in [7, 11) is 0. The molecule has 3 heterocycles. The maximum absolute atomic E-state index is 5.61. The number of imidazole rings is 1. The average molecular weight is 219 g/mol. The molecule has 0 bridgehead atoms. The van der Waals surface area contributed by atoms with Crippen LogP contribution in [0.4, 0.5) is 5.82 Å². The molecule has 1 aliphatic rings. The Hall–Kier alpha value is -1.66. The number of pyridine rings is 1. The molecule has 1 unspecified atom stereocenters. The smallest absolute Gasteiger partial charge is 0.179 e. The molecule has 6 nitrogen and oxygen atoms in total. The van der Waals surface area contributed by atoms with E-state index in [-0.39, 0.29) is 6.04 Å². The molecule has 16 heavy (non-hydrogen) atoms. The molecule has 6 heteroatoms. The summed E-state index contributed by atoms with van der Waals surface area (Å²) < 4.78 is 5.39. The predicted octanol–water partition coefficient (Wildman–Crippen LogP) is 0.201. The Morgan fingerprint density at radius 1 is 1.38 bits per heavy atom. The SMILES string of the molecule is Nc1ccc2[nH]c(C3COCCN3)nc2n1. The fourth-order valence-corrected chi connectivity index (χ4v) is 1.83. The van der Waals surface area contributed by atoms with E-state index in [1.54, 1.807) is 6.07 Å². The molecular weight excluding hydrogens is 206 g/mol. The van der Waals surface area contributed by atoms with Crippen LogP contribution in [-0.4, -0.2) is 34.7 Å². The topological polar surface area (TPSA) is 88.9 Å². The first-order chi connectivity index (χ1) is 7.83. The largest absolute Gasteiger partial charge is 0.384 e. The van der Waals surface area contributed by atoms with Crippen LogP contribution in [0, 0.1) is 0 Å². The van der Waals surface area contributed by atoms with Crippen LogP contribution in [0.25, 0.3) is 11.2 Å². The Morgan fingerprint density at radius 2 is 2.31 bits per heavy atom. The van der Waals surface area contributed by atoms with Crippen molar-refractivity contribution in [2.24, 2.45) is 0 Å². The van der Waals surface area contributed by atoms with E-state index in [9.17, 15) is 0 Å². The van der Waals surface area contributed by atoms with Crippen molar-refractivity contribution in [1.29, 1.82) is 0 Å². The van der Waals surface area contributed by atoms with Gasteiger partial charge in [0.05, 0.1) is 24.8 Å². The molecule has 0 saturated carbocycles. The third-order valence-corrected chi connectivity index (χ3v) is 2.64. The second-order valence-electron chi connectivity index (χ2n) is 3.81. The van der Waals surface area contributed by atoms with Gasteiger partial charge in [0.15, 0.2) is 5.65 Å². The summed E-state index contributed by atoms with van der Waals surface area (Å²) >= 11 is 0. The van der Waals surface area contributed by atoms with Crippen LogP contribution in [0.2, 0.25) is 0 Å². The molecule has 1 atom stereocenters. The summed E-state index contributed by atoms with van der Waals surface area (Å²) in [6, 6.07) is 3.76. The molecular formula is C10H13N5O. The van der Waals surface area contributed by atoms with Crippen molar-refractivity contribution in [1.82, 2.24) is 20.3 Å². The zero-order valence-corrected chi connectivity index (χ0v) is 8.73.